The lowest BCUT2D eigenvalue weighted by atomic mass is 9.73. The fourth-order valence-corrected chi connectivity index (χ4v) is 5.28. The van der Waals surface area contributed by atoms with Gasteiger partial charge >= 0.3 is 0 Å². The van der Waals surface area contributed by atoms with Crippen molar-refractivity contribution in [1.82, 2.24) is 0 Å². The number of amides is 1. The van der Waals surface area contributed by atoms with Crippen LogP contribution in [0.4, 0.5) is 5.69 Å². The molecule has 0 fully saturated rings. The van der Waals surface area contributed by atoms with Crippen molar-refractivity contribution in [2.75, 3.05) is 11.9 Å². The molecule has 6 nitrogen and oxygen atoms in total. The van der Waals surface area contributed by atoms with Crippen molar-refractivity contribution in [2.45, 2.75) is 44.4 Å². The minimum absolute atomic E-state index is 0.00821. The van der Waals surface area contributed by atoms with Crippen molar-refractivity contribution in [2.24, 2.45) is 0 Å². The number of nitrogens with one attached hydrogen (secondary N) is 1. The number of Topliss-reactive ketones (excluding diaryl/α,β-unsaturated/α-hetero) is 2. The van der Waals surface area contributed by atoms with Crippen molar-refractivity contribution in [3.63, 3.8) is 0 Å². The van der Waals surface area contributed by atoms with E-state index in [-0.39, 0.29) is 29.1 Å². The van der Waals surface area contributed by atoms with Gasteiger partial charge in [0.2, 0.25) is 0 Å². The molecule has 1 aliphatic heterocycles. The second-order valence-electron chi connectivity index (χ2n) is 8.77. The molecule has 1 amide bonds. The largest absolute Gasteiger partial charge is 0.482 e. The number of rotatable bonds is 5. The molecule has 0 saturated carbocycles. The van der Waals surface area contributed by atoms with Gasteiger partial charge in [-0.3, -0.25) is 14.4 Å². The third kappa shape index (κ3) is 4.73. The number of para-hydroxylation sites is 1. The van der Waals surface area contributed by atoms with Crippen LogP contribution in [0.5, 0.6) is 5.75 Å². The average molecular weight is 512 g/mol. The lowest BCUT2D eigenvalue weighted by Gasteiger charge is -2.36. The summed E-state index contributed by atoms with van der Waals surface area (Å²) in [5, 5.41) is 3.41. The molecule has 8 heteroatoms. The van der Waals surface area contributed by atoms with E-state index in [2.05, 4.69) is 5.32 Å². The molecule has 2 aliphatic carbocycles. The maximum Gasteiger partial charge on any atom is 0.262 e. The number of allylic oxidation sites excluding steroid dienone is 4. The number of benzene rings is 2. The molecule has 3 aliphatic rings. The Bertz CT molecular complexity index is 1250. The number of hydrogen-bond acceptors (Lipinski definition) is 5. The Hall–Kier alpha value is -3.09. The van der Waals surface area contributed by atoms with Crippen molar-refractivity contribution in [1.29, 1.82) is 0 Å². The van der Waals surface area contributed by atoms with Gasteiger partial charge in [-0.05, 0) is 42.7 Å². The van der Waals surface area contributed by atoms with E-state index < -0.39 is 5.92 Å². The van der Waals surface area contributed by atoms with Crippen LogP contribution >= 0.6 is 23.2 Å². The molecule has 1 heterocycles. The minimum Gasteiger partial charge on any atom is -0.482 e. The van der Waals surface area contributed by atoms with Crippen LogP contribution in [0.2, 0.25) is 10.0 Å². The summed E-state index contributed by atoms with van der Waals surface area (Å²) >= 11 is 12.6. The summed E-state index contributed by atoms with van der Waals surface area (Å²) < 4.78 is 11.7. The summed E-state index contributed by atoms with van der Waals surface area (Å²) in [5.41, 5.74) is 2.35. The summed E-state index contributed by atoms with van der Waals surface area (Å²) in [4.78, 5) is 38.1. The Labute approximate surface area is 212 Å². The minimum atomic E-state index is -0.496. The highest BCUT2D eigenvalue weighted by atomic mass is 35.5. The summed E-state index contributed by atoms with van der Waals surface area (Å²) in [7, 11) is 0. The predicted molar refractivity (Wildman–Crippen MR) is 133 cm³/mol. The van der Waals surface area contributed by atoms with Crippen LogP contribution in [0.15, 0.2) is 65.1 Å². The maximum absolute atomic E-state index is 12.9. The third-order valence-electron chi connectivity index (χ3n) is 6.44. The molecule has 0 saturated heterocycles. The number of hydrogen-bond donors (Lipinski definition) is 1. The quantitative estimate of drug-likeness (QED) is 0.521. The van der Waals surface area contributed by atoms with E-state index in [0.29, 0.717) is 64.8 Å². The summed E-state index contributed by atoms with van der Waals surface area (Å²) in [6.07, 6.45) is 3.71. The molecular formula is C27H23Cl2NO5. The molecule has 180 valence electrons. The number of ketones is 2. The number of anilines is 1. The number of carbonyl (C=O) groups excluding carboxylic acids is 3. The van der Waals surface area contributed by atoms with E-state index in [9.17, 15) is 14.4 Å². The van der Waals surface area contributed by atoms with Gasteiger partial charge in [-0.2, -0.15) is 0 Å². The Morgan fingerprint density at radius 1 is 0.914 bits per heavy atom. The second kappa shape index (κ2) is 9.88. The molecular weight excluding hydrogens is 489 g/mol. The third-order valence-corrected chi connectivity index (χ3v) is 7.06. The fourth-order valence-electron chi connectivity index (χ4n) is 4.86. The molecule has 2 aromatic carbocycles. The number of carbonyl (C=O) groups is 3. The molecule has 1 N–H and O–H groups in total. The van der Waals surface area contributed by atoms with Crippen LogP contribution in [0, 0.1) is 0 Å². The second-order valence-corrected chi connectivity index (χ2v) is 9.58. The van der Waals surface area contributed by atoms with Gasteiger partial charge in [-0.25, -0.2) is 0 Å². The van der Waals surface area contributed by atoms with Crippen molar-refractivity contribution >= 4 is 46.4 Å². The van der Waals surface area contributed by atoms with E-state index in [0.717, 1.165) is 18.4 Å². The molecule has 0 spiro atoms. The van der Waals surface area contributed by atoms with Crippen LogP contribution < -0.4 is 10.1 Å². The highest BCUT2D eigenvalue weighted by molar-refractivity contribution is 6.33. The van der Waals surface area contributed by atoms with Crippen LogP contribution in [0.1, 0.15) is 50.0 Å². The molecule has 0 atom stereocenters. The topological polar surface area (TPSA) is 81.7 Å². The smallest absolute Gasteiger partial charge is 0.262 e. The first kappa shape index (κ1) is 23.6. The van der Waals surface area contributed by atoms with Crippen LogP contribution in [0.25, 0.3) is 0 Å². The van der Waals surface area contributed by atoms with Gasteiger partial charge in [0.05, 0.1) is 15.7 Å². The fraction of sp³-hybridized carbons (Fsp3) is 0.296. The Balaban J connectivity index is 1.39. The van der Waals surface area contributed by atoms with E-state index in [1.54, 1.807) is 42.5 Å². The van der Waals surface area contributed by atoms with Gasteiger partial charge in [0.1, 0.15) is 17.3 Å². The SMILES string of the molecule is O=C(COc1ccc(C2C3=C(CCCC3=O)OC3=C2C(=O)CCC3)cc1Cl)Nc1ccccc1Cl. The van der Waals surface area contributed by atoms with Crippen LogP contribution in [-0.2, 0) is 19.1 Å². The van der Waals surface area contributed by atoms with Gasteiger partial charge in [-0.15, -0.1) is 0 Å². The van der Waals surface area contributed by atoms with Gasteiger partial charge in [-0.1, -0.05) is 41.4 Å². The van der Waals surface area contributed by atoms with Crippen molar-refractivity contribution in [3.05, 3.63) is 80.7 Å². The summed E-state index contributed by atoms with van der Waals surface area (Å²) in [6, 6.07) is 12.1. The molecule has 0 radical (unpaired) electrons. The van der Waals surface area contributed by atoms with E-state index >= 15 is 0 Å². The summed E-state index contributed by atoms with van der Waals surface area (Å²) in [6.45, 7) is -0.261. The zero-order valence-corrected chi connectivity index (χ0v) is 20.4. The first-order valence-corrected chi connectivity index (χ1v) is 12.3. The summed E-state index contributed by atoms with van der Waals surface area (Å²) in [5.74, 6) is 0.810. The molecule has 0 aromatic heterocycles. The monoisotopic (exact) mass is 511 g/mol. The highest BCUT2D eigenvalue weighted by Gasteiger charge is 2.41. The van der Waals surface area contributed by atoms with Crippen LogP contribution in [0.3, 0.4) is 0 Å². The standard InChI is InChI=1S/C27H23Cl2NO5/c28-16-5-1-2-6-18(16)30-24(33)14-34-21-12-11-15(13-17(21)29)25-26-19(31)7-3-9-22(26)35-23-10-4-8-20(32)27(23)25/h1-2,5-6,11-13,25H,3-4,7-10,14H2,(H,30,33). The molecule has 2 aromatic rings. The van der Waals surface area contributed by atoms with Gasteiger partial charge in [0, 0.05) is 42.7 Å². The molecule has 5 rings (SSSR count). The van der Waals surface area contributed by atoms with Crippen LogP contribution in [-0.4, -0.2) is 24.1 Å². The van der Waals surface area contributed by atoms with Gasteiger partial charge in [0.25, 0.3) is 5.91 Å². The number of ether oxygens (including phenoxy) is 2. The average Bonchev–Trinajstić information content (AvgIpc) is 2.84. The van der Waals surface area contributed by atoms with Crippen molar-refractivity contribution in [3.8, 4) is 5.75 Å². The molecule has 0 unspecified atom stereocenters. The Morgan fingerprint density at radius 3 is 2.20 bits per heavy atom. The van der Waals surface area contributed by atoms with Gasteiger partial charge in [0.15, 0.2) is 18.2 Å². The number of halogens is 2. The Kier molecular flexibility index (Phi) is 6.67. The lowest BCUT2D eigenvalue weighted by molar-refractivity contribution is -0.119. The lowest BCUT2D eigenvalue weighted by Crippen LogP contribution is -2.30. The first-order valence-electron chi connectivity index (χ1n) is 11.6. The zero-order valence-electron chi connectivity index (χ0n) is 18.9. The van der Waals surface area contributed by atoms with E-state index in [1.165, 1.54) is 0 Å². The first-order chi connectivity index (χ1) is 16.9. The van der Waals surface area contributed by atoms with Crippen molar-refractivity contribution < 1.29 is 23.9 Å². The molecule has 0 bridgehead atoms. The highest BCUT2D eigenvalue weighted by Crippen LogP contribution is 2.48. The maximum atomic E-state index is 12.9. The Morgan fingerprint density at radius 2 is 1.57 bits per heavy atom. The normalized spacial score (nSPS) is 18.1. The van der Waals surface area contributed by atoms with E-state index in [4.69, 9.17) is 32.7 Å². The van der Waals surface area contributed by atoms with Gasteiger partial charge < -0.3 is 14.8 Å². The van der Waals surface area contributed by atoms with E-state index in [1.807, 2.05) is 0 Å². The zero-order chi connectivity index (χ0) is 24.5. The predicted octanol–water partition coefficient (Wildman–Crippen LogP) is 6.14. The molecule has 35 heavy (non-hydrogen) atoms.